The highest BCUT2D eigenvalue weighted by molar-refractivity contribution is 5.89. The Labute approximate surface area is 127 Å². The molecule has 2 aromatic rings. The zero-order valence-corrected chi connectivity index (χ0v) is 11.9. The zero-order chi connectivity index (χ0) is 14.9. The molecule has 22 heavy (non-hydrogen) atoms. The molecule has 2 aliphatic rings. The molecule has 1 N–H and O–H groups in total. The fourth-order valence-corrected chi connectivity index (χ4v) is 2.76. The van der Waals surface area contributed by atoms with Gasteiger partial charge in [-0.25, -0.2) is 4.79 Å². The second-order valence-electron chi connectivity index (χ2n) is 5.37. The molecular weight excluding hydrogens is 282 g/mol. The molecule has 0 amide bonds. The van der Waals surface area contributed by atoms with Gasteiger partial charge in [-0.2, -0.15) is 0 Å². The van der Waals surface area contributed by atoms with E-state index in [1.165, 1.54) is 0 Å². The first-order valence-corrected chi connectivity index (χ1v) is 7.21. The van der Waals surface area contributed by atoms with Crippen molar-refractivity contribution in [2.45, 2.75) is 12.5 Å². The summed E-state index contributed by atoms with van der Waals surface area (Å²) in [5, 5.41) is 3.36. The molecule has 5 heteroatoms. The Hall–Kier alpha value is -2.69. The van der Waals surface area contributed by atoms with Gasteiger partial charge in [-0.05, 0) is 30.2 Å². The number of ether oxygens (including phenoxy) is 3. The number of anilines is 1. The van der Waals surface area contributed by atoms with Gasteiger partial charge in [0.05, 0.1) is 11.6 Å². The van der Waals surface area contributed by atoms with Crippen LogP contribution in [0.3, 0.4) is 0 Å². The van der Waals surface area contributed by atoms with Gasteiger partial charge >= 0.3 is 5.97 Å². The van der Waals surface area contributed by atoms with Crippen LogP contribution in [0.25, 0.3) is 0 Å². The molecule has 2 heterocycles. The van der Waals surface area contributed by atoms with Gasteiger partial charge in [-0.15, -0.1) is 0 Å². The number of benzene rings is 2. The highest BCUT2D eigenvalue weighted by atomic mass is 16.7. The van der Waals surface area contributed by atoms with Crippen molar-refractivity contribution < 1.29 is 19.0 Å². The molecule has 2 aliphatic heterocycles. The van der Waals surface area contributed by atoms with Crippen molar-refractivity contribution >= 4 is 11.7 Å². The standard InChI is InChI=1S/C17H15NO4/c19-17(11-4-2-1-3-5-11)20-9-13-6-12-7-15-16(22-10-21-15)8-14(12)18-13/h1-5,7-8,13,18H,6,9-10H2/t13-/m0/s1. The van der Waals surface area contributed by atoms with E-state index < -0.39 is 0 Å². The Balaban J connectivity index is 1.39. The number of rotatable bonds is 3. The molecular formula is C17H15NO4. The SMILES string of the molecule is O=C(OC[C@@H]1Cc2cc3c(cc2N1)OCO3)c1ccccc1. The predicted octanol–water partition coefficient (Wildman–Crippen LogP) is 2.61. The van der Waals surface area contributed by atoms with Crippen molar-refractivity contribution in [3.63, 3.8) is 0 Å². The Morgan fingerprint density at radius 1 is 1.18 bits per heavy atom. The van der Waals surface area contributed by atoms with E-state index in [9.17, 15) is 4.79 Å². The average molecular weight is 297 g/mol. The van der Waals surface area contributed by atoms with Crippen LogP contribution in [0.4, 0.5) is 5.69 Å². The van der Waals surface area contributed by atoms with Crippen LogP contribution in [0, 0.1) is 0 Å². The lowest BCUT2D eigenvalue weighted by molar-refractivity contribution is 0.0490. The summed E-state index contributed by atoms with van der Waals surface area (Å²) in [4.78, 5) is 11.9. The second-order valence-corrected chi connectivity index (χ2v) is 5.37. The molecule has 0 saturated carbocycles. The maximum atomic E-state index is 11.9. The van der Waals surface area contributed by atoms with E-state index in [2.05, 4.69) is 5.32 Å². The maximum absolute atomic E-state index is 11.9. The first kappa shape index (κ1) is 13.0. The van der Waals surface area contributed by atoms with Crippen molar-refractivity contribution in [2.24, 2.45) is 0 Å². The van der Waals surface area contributed by atoms with Crippen LogP contribution in [0.2, 0.25) is 0 Å². The molecule has 0 spiro atoms. The average Bonchev–Trinajstić information content (AvgIpc) is 3.16. The summed E-state index contributed by atoms with van der Waals surface area (Å²) < 4.78 is 16.1. The quantitative estimate of drug-likeness (QED) is 0.883. The highest BCUT2D eigenvalue weighted by Crippen LogP contribution is 2.40. The van der Waals surface area contributed by atoms with E-state index in [0.717, 1.165) is 29.2 Å². The molecule has 4 rings (SSSR count). The Bertz CT molecular complexity index is 681. The molecule has 5 nitrogen and oxygen atoms in total. The van der Waals surface area contributed by atoms with Crippen LogP contribution in [0.15, 0.2) is 42.5 Å². The molecule has 0 aromatic heterocycles. The van der Waals surface area contributed by atoms with Crippen LogP contribution < -0.4 is 14.8 Å². The molecule has 2 aromatic carbocycles. The minimum Gasteiger partial charge on any atom is -0.460 e. The van der Waals surface area contributed by atoms with E-state index in [0.29, 0.717) is 12.2 Å². The van der Waals surface area contributed by atoms with Gasteiger partial charge in [-0.3, -0.25) is 0 Å². The minimum absolute atomic E-state index is 0.0742. The fourth-order valence-electron chi connectivity index (χ4n) is 2.76. The first-order chi connectivity index (χ1) is 10.8. The molecule has 112 valence electrons. The number of hydrogen-bond donors (Lipinski definition) is 1. The monoisotopic (exact) mass is 297 g/mol. The third kappa shape index (κ3) is 2.35. The Morgan fingerprint density at radius 3 is 2.77 bits per heavy atom. The molecule has 0 fully saturated rings. The predicted molar refractivity (Wildman–Crippen MR) is 80.4 cm³/mol. The fraction of sp³-hybridized carbons (Fsp3) is 0.235. The minimum atomic E-state index is -0.299. The summed E-state index contributed by atoms with van der Waals surface area (Å²) in [5.41, 5.74) is 2.74. The van der Waals surface area contributed by atoms with Crippen molar-refractivity contribution in [3.05, 3.63) is 53.6 Å². The number of nitrogens with one attached hydrogen (secondary N) is 1. The van der Waals surface area contributed by atoms with Crippen LogP contribution in [-0.4, -0.2) is 25.4 Å². The lowest BCUT2D eigenvalue weighted by atomic mass is 10.1. The van der Waals surface area contributed by atoms with Gasteiger partial charge < -0.3 is 19.5 Å². The second kappa shape index (κ2) is 5.26. The van der Waals surface area contributed by atoms with Gasteiger partial charge in [-0.1, -0.05) is 18.2 Å². The summed E-state index contributed by atoms with van der Waals surface area (Å²) >= 11 is 0. The van der Waals surface area contributed by atoms with E-state index >= 15 is 0 Å². The molecule has 0 aliphatic carbocycles. The highest BCUT2D eigenvalue weighted by Gasteiger charge is 2.26. The molecule has 0 radical (unpaired) electrons. The topological polar surface area (TPSA) is 56.8 Å². The summed E-state index contributed by atoms with van der Waals surface area (Å²) in [6.07, 6.45) is 0.800. The summed E-state index contributed by atoms with van der Waals surface area (Å²) in [6.45, 7) is 0.602. The van der Waals surface area contributed by atoms with Crippen molar-refractivity contribution in [1.29, 1.82) is 0 Å². The van der Waals surface area contributed by atoms with Crippen LogP contribution in [0.1, 0.15) is 15.9 Å². The van der Waals surface area contributed by atoms with Crippen LogP contribution in [0.5, 0.6) is 11.5 Å². The number of esters is 1. The number of hydrogen-bond acceptors (Lipinski definition) is 5. The van der Waals surface area contributed by atoms with Gasteiger partial charge in [0.1, 0.15) is 6.61 Å². The zero-order valence-electron chi connectivity index (χ0n) is 11.9. The first-order valence-electron chi connectivity index (χ1n) is 7.21. The largest absolute Gasteiger partial charge is 0.460 e. The summed E-state index contributed by atoms with van der Waals surface area (Å²) in [5.74, 6) is 1.24. The molecule has 0 bridgehead atoms. The van der Waals surface area contributed by atoms with Crippen molar-refractivity contribution in [1.82, 2.24) is 0 Å². The van der Waals surface area contributed by atoms with E-state index in [-0.39, 0.29) is 18.8 Å². The van der Waals surface area contributed by atoms with Crippen molar-refractivity contribution in [2.75, 3.05) is 18.7 Å². The van der Waals surface area contributed by atoms with Crippen LogP contribution >= 0.6 is 0 Å². The van der Waals surface area contributed by atoms with Gasteiger partial charge in [0.2, 0.25) is 6.79 Å². The van der Waals surface area contributed by atoms with E-state index in [4.69, 9.17) is 14.2 Å². The third-order valence-electron chi connectivity index (χ3n) is 3.85. The normalized spacial score (nSPS) is 17.7. The van der Waals surface area contributed by atoms with Gasteiger partial charge in [0.25, 0.3) is 0 Å². The van der Waals surface area contributed by atoms with E-state index in [1.807, 2.05) is 30.3 Å². The lowest BCUT2D eigenvalue weighted by Gasteiger charge is -2.12. The molecule has 0 unspecified atom stereocenters. The number of fused-ring (bicyclic) bond motifs is 2. The van der Waals surface area contributed by atoms with Gasteiger partial charge in [0.15, 0.2) is 11.5 Å². The van der Waals surface area contributed by atoms with Gasteiger partial charge in [0, 0.05) is 11.8 Å². The Morgan fingerprint density at radius 2 is 1.95 bits per heavy atom. The number of carbonyl (C=O) groups excluding carboxylic acids is 1. The lowest BCUT2D eigenvalue weighted by Crippen LogP contribution is -2.24. The third-order valence-corrected chi connectivity index (χ3v) is 3.85. The maximum Gasteiger partial charge on any atom is 0.338 e. The summed E-state index contributed by atoms with van der Waals surface area (Å²) in [6, 6.07) is 13.0. The molecule has 1 atom stereocenters. The smallest absolute Gasteiger partial charge is 0.338 e. The van der Waals surface area contributed by atoms with E-state index in [1.54, 1.807) is 12.1 Å². The Kier molecular flexibility index (Phi) is 3.11. The number of carbonyl (C=O) groups is 1. The summed E-state index contributed by atoms with van der Waals surface area (Å²) in [7, 11) is 0. The van der Waals surface area contributed by atoms with Crippen LogP contribution in [-0.2, 0) is 11.2 Å². The van der Waals surface area contributed by atoms with Crippen molar-refractivity contribution in [3.8, 4) is 11.5 Å². The molecule has 0 saturated heterocycles.